The smallest absolute Gasteiger partial charge is 0.340 e. The molecular weight excluding hydrogens is 460 g/mol. The van der Waals surface area contributed by atoms with Gasteiger partial charge in [-0.2, -0.15) is 0 Å². The van der Waals surface area contributed by atoms with Gasteiger partial charge in [-0.3, -0.25) is 18.6 Å². The number of hydrogen-bond acceptors (Lipinski definition) is 7. The Hall–Kier alpha value is -3.47. The van der Waals surface area contributed by atoms with E-state index in [0.29, 0.717) is 5.69 Å². The van der Waals surface area contributed by atoms with Crippen molar-refractivity contribution in [2.75, 3.05) is 11.4 Å². The molecule has 0 saturated heterocycles. The van der Waals surface area contributed by atoms with Crippen LogP contribution in [0.1, 0.15) is 15.9 Å². The van der Waals surface area contributed by atoms with Crippen molar-refractivity contribution in [3.05, 3.63) is 86.9 Å². The molecule has 9 nitrogen and oxygen atoms in total. The van der Waals surface area contributed by atoms with Gasteiger partial charge in [-0.05, 0) is 43.3 Å². The number of esters is 1. The maximum Gasteiger partial charge on any atom is 0.340 e. The maximum atomic E-state index is 12.4. The molecule has 0 aliphatic heterocycles. The monoisotopic (exact) mass is 475 g/mol. The standard InChI is InChI=1S/C21H17ClN2O7S/c1-13-3-5-14(6-4-13)23(32(28)29)19-9-7-15(11-17(19)21(25)30-2)31-16-8-10-20(24(26)27)18(22)12-16/h3-12H,1-2H3,(H,28,29)/p-1. The maximum absolute atomic E-state index is 12.4. The second kappa shape index (κ2) is 9.77. The number of nitro groups is 1. The Labute approximate surface area is 190 Å². The highest BCUT2D eigenvalue weighted by molar-refractivity contribution is 7.81. The number of benzene rings is 3. The van der Waals surface area contributed by atoms with Crippen molar-refractivity contribution in [2.24, 2.45) is 0 Å². The number of hydrogen-bond donors (Lipinski definition) is 0. The van der Waals surface area contributed by atoms with Crippen molar-refractivity contribution in [1.82, 2.24) is 0 Å². The van der Waals surface area contributed by atoms with Gasteiger partial charge in [-0.1, -0.05) is 29.3 Å². The third-order valence-corrected chi connectivity index (χ3v) is 5.37. The number of nitrogens with zero attached hydrogens (tertiary/aromatic N) is 2. The van der Waals surface area contributed by atoms with Crippen LogP contribution in [0.3, 0.4) is 0 Å². The lowest BCUT2D eigenvalue weighted by atomic mass is 10.1. The number of ether oxygens (including phenoxy) is 2. The minimum atomic E-state index is -2.74. The molecule has 0 fully saturated rings. The Bertz CT molecular complexity index is 1200. The number of anilines is 2. The van der Waals surface area contributed by atoms with Gasteiger partial charge >= 0.3 is 5.97 Å². The summed E-state index contributed by atoms with van der Waals surface area (Å²) >= 11 is 3.16. The van der Waals surface area contributed by atoms with Crippen LogP contribution in [0.15, 0.2) is 60.7 Å². The van der Waals surface area contributed by atoms with Crippen LogP contribution >= 0.6 is 11.6 Å². The number of carbonyl (C=O) groups is 1. The van der Waals surface area contributed by atoms with Gasteiger partial charge in [0, 0.05) is 12.1 Å². The van der Waals surface area contributed by atoms with Crippen LogP contribution in [0, 0.1) is 17.0 Å². The molecule has 0 bridgehead atoms. The summed E-state index contributed by atoms with van der Waals surface area (Å²) in [6.07, 6.45) is 0. The summed E-state index contributed by atoms with van der Waals surface area (Å²) in [4.78, 5) is 22.7. The molecule has 3 aromatic carbocycles. The van der Waals surface area contributed by atoms with Crippen molar-refractivity contribution in [3.63, 3.8) is 0 Å². The van der Waals surface area contributed by atoms with E-state index in [-0.39, 0.29) is 33.5 Å². The lowest BCUT2D eigenvalue weighted by molar-refractivity contribution is -0.384. The van der Waals surface area contributed by atoms with Crippen LogP contribution in [0.4, 0.5) is 17.1 Å². The van der Waals surface area contributed by atoms with Gasteiger partial charge in [0.1, 0.15) is 16.5 Å². The summed E-state index contributed by atoms with van der Waals surface area (Å²) in [5.74, 6) is -0.429. The molecule has 0 aliphatic rings. The predicted molar refractivity (Wildman–Crippen MR) is 118 cm³/mol. The molecule has 32 heavy (non-hydrogen) atoms. The van der Waals surface area contributed by atoms with E-state index in [1.165, 1.54) is 43.5 Å². The second-order valence-electron chi connectivity index (χ2n) is 6.49. The molecule has 0 saturated carbocycles. The van der Waals surface area contributed by atoms with Gasteiger partial charge < -0.3 is 14.0 Å². The third-order valence-electron chi connectivity index (χ3n) is 4.36. The Kier molecular flexibility index (Phi) is 7.08. The van der Waals surface area contributed by atoms with E-state index in [0.717, 1.165) is 9.87 Å². The zero-order chi connectivity index (χ0) is 23.4. The number of methoxy groups -OCH3 is 1. The Morgan fingerprint density at radius 3 is 2.25 bits per heavy atom. The fourth-order valence-corrected chi connectivity index (χ4v) is 3.70. The average molecular weight is 476 g/mol. The fraction of sp³-hybridized carbons (Fsp3) is 0.0952. The molecule has 0 aromatic heterocycles. The van der Waals surface area contributed by atoms with Gasteiger partial charge in [-0.15, -0.1) is 0 Å². The number of rotatable bonds is 7. The molecule has 3 aromatic rings. The molecule has 166 valence electrons. The van der Waals surface area contributed by atoms with Gasteiger partial charge in [0.05, 0.1) is 40.2 Å². The van der Waals surface area contributed by atoms with Crippen molar-refractivity contribution < 1.29 is 28.0 Å². The SMILES string of the molecule is COC(=O)c1cc(Oc2ccc([N+](=O)[O-])c(Cl)c2)ccc1N(c1ccc(C)cc1)S(=O)[O-]. The summed E-state index contributed by atoms with van der Waals surface area (Å²) in [7, 11) is 1.17. The van der Waals surface area contributed by atoms with Crippen LogP contribution in [0.25, 0.3) is 0 Å². The predicted octanol–water partition coefficient (Wildman–Crippen LogP) is 5.07. The van der Waals surface area contributed by atoms with Gasteiger partial charge in [-0.25, -0.2) is 4.79 Å². The van der Waals surface area contributed by atoms with Crippen LogP contribution in [0.5, 0.6) is 11.5 Å². The van der Waals surface area contributed by atoms with Crippen molar-refractivity contribution in [3.8, 4) is 11.5 Å². The molecule has 1 atom stereocenters. The average Bonchev–Trinajstić information content (AvgIpc) is 2.75. The van der Waals surface area contributed by atoms with Crippen molar-refractivity contribution in [2.45, 2.75) is 6.92 Å². The molecule has 0 aliphatic carbocycles. The minimum Gasteiger partial charge on any atom is -0.755 e. The van der Waals surface area contributed by atoms with E-state index < -0.39 is 22.2 Å². The lowest BCUT2D eigenvalue weighted by Gasteiger charge is -2.28. The van der Waals surface area contributed by atoms with Gasteiger partial charge in [0.2, 0.25) is 0 Å². The van der Waals surface area contributed by atoms with Gasteiger partial charge in [0.15, 0.2) is 0 Å². The molecule has 0 amide bonds. The Morgan fingerprint density at radius 2 is 1.69 bits per heavy atom. The third kappa shape index (κ3) is 5.05. The molecule has 0 N–H and O–H groups in total. The molecule has 1 unspecified atom stereocenters. The van der Waals surface area contributed by atoms with E-state index in [1.54, 1.807) is 24.3 Å². The Balaban J connectivity index is 2.03. The first-order valence-corrected chi connectivity index (χ1v) is 10.4. The van der Waals surface area contributed by atoms with E-state index in [4.69, 9.17) is 21.1 Å². The molecule has 0 spiro atoms. The second-order valence-corrected chi connectivity index (χ2v) is 7.70. The van der Waals surface area contributed by atoms with Crippen molar-refractivity contribution in [1.29, 1.82) is 0 Å². The summed E-state index contributed by atoms with van der Waals surface area (Å²) in [5.41, 5.74) is 0.969. The van der Waals surface area contributed by atoms with Crippen LogP contribution < -0.4 is 9.04 Å². The summed E-state index contributed by atoms with van der Waals surface area (Å²) < 4.78 is 35.5. The van der Waals surface area contributed by atoms with Crippen LogP contribution in [0.2, 0.25) is 5.02 Å². The van der Waals surface area contributed by atoms with E-state index in [2.05, 4.69) is 0 Å². The fourth-order valence-electron chi connectivity index (χ4n) is 2.85. The topological polar surface area (TPSA) is 122 Å². The van der Waals surface area contributed by atoms with E-state index in [9.17, 15) is 23.7 Å². The summed E-state index contributed by atoms with van der Waals surface area (Å²) in [5, 5.41) is 10.8. The first kappa shape index (κ1) is 23.2. The molecule has 11 heteroatoms. The van der Waals surface area contributed by atoms with Crippen molar-refractivity contribution >= 4 is 45.9 Å². The van der Waals surface area contributed by atoms with Crippen LogP contribution in [-0.2, 0) is 16.0 Å². The van der Waals surface area contributed by atoms with E-state index >= 15 is 0 Å². The first-order chi connectivity index (χ1) is 15.2. The molecular formula is C21H16ClN2O7S-. The Morgan fingerprint density at radius 1 is 1.06 bits per heavy atom. The quantitative estimate of drug-likeness (QED) is 0.202. The highest BCUT2D eigenvalue weighted by Gasteiger charge is 2.21. The number of nitro benzene ring substituents is 1. The van der Waals surface area contributed by atoms with Gasteiger partial charge in [0.25, 0.3) is 5.69 Å². The number of halogens is 1. The summed E-state index contributed by atoms with van der Waals surface area (Å²) in [6, 6.07) is 14.6. The first-order valence-electron chi connectivity index (χ1n) is 9.01. The zero-order valence-corrected chi connectivity index (χ0v) is 18.4. The molecule has 0 radical (unpaired) electrons. The number of aryl methyl sites for hydroxylation is 1. The number of carbonyl (C=O) groups excluding carboxylic acids is 1. The summed E-state index contributed by atoms with van der Waals surface area (Å²) in [6.45, 7) is 1.86. The minimum absolute atomic E-state index is 0.0584. The zero-order valence-electron chi connectivity index (χ0n) is 16.8. The largest absolute Gasteiger partial charge is 0.755 e. The lowest BCUT2D eigenvalue weighted by Crippen LogP contribution is -2.22. The molecule has 0 heterocycles. The normalized spacial score (nSPS) is 11.5. The van der Waals surface area contributed by atoms with E-state index in [1.807, 2.05) is 6.92 Å². The highest BCUT2D eigenvalue weighted by atomic mass is 35.5. The van der Waals surface area contributed by atoms with Crippen LogP contribution in [-0.4, -0.2) is 26.8 Å². The highest BCUT2D eigenvalue weighted by Crippen LogP contribution is 2.36. The molecule has 3 rings (SSSR count).